The highest BCUT2D eigenvalue weighted by atomic mass is 16.5. The van der Waals surface area contributed by atoms with Gasteiger partial charge in [-0.2, -0.15) is 0 Å². The highest BCUT2D eigenvalue weighted by molar-refractivity contribution is 5.86. The van der Waals surface area contributed by atoms with Crippen LogP contribution in [0.5, 0.6) is 0 Å². The van der Waals surface area contributed by atoms with Gasteiger partial charge in [0.2, 0.25) is 5.91 Å². The molecule has 8 nitrogen and oxygen atoms in total. The average molecular weight is 290 g/mol. The first kappa shape index (κ1) is 13.6. The quantitative estimate of drug-likeness (QED) is 0.809. The van der Waals surface area contributed by atoms with Gasteiger partial charge < -0.3 is 24.7 Å². The van der Waals surface area contributed by atoms with Gasteiger partial charge in [-0.15, -0.1) is 0 Å². The molecule has 2 aromatic heterocycles. The van der Waals surface area contributed by atoms with Gasteiger partial charge in [-0.25, -0.2) is 9.97 Å². The average Bonchev–Trinajstić information content (AvgIpc) is 3.01. The summed E-state index contributed by atoms with van der Waals surface area (Å²) in [7, 11) is 3.43. The van der Waals surface area contributed by atoms with Crippen LogP contribution in [-0.2, 0) is 9.53 Å². The minimum atomic E-state index is -0.399. The van der Waals surface area contributed by atoms with Crippen LogP contribution >= 0.6 is 0 Å². The summed E-state index contributed by atoms with van der Waals surface area (Å²) in [5, 5.41) is 5.70. The molecular formula is C13H18N6O2. The van der Waals surface area contributed by atoms with Gasteiger partial charge in [-0.05, 0) is 0 Å². The second-order valence-corrected chi connectivity index (χ2v) is 4.76. The summed E-state index contributed by atoms with van der Waals surface area (Å²) in [6.07, 6.45) is 5.44. The number of morpholine rings is 1. The van der Waals surface area contributed by atoms with Gasteiger partial charge in [-0.1, -0.05) is 0 Å². The van der Waals surface area contributed by atoms with E-state index in [1.807, 2.05) is 28.7 Å². The Balaban J connectivity index is 2.08. The Morgan fingerprint density at radius 3 is 3.10 bits per heavy atom. The van der Waals surface area contributed by atoms with Crippen LogP contribution in [0.25, 0.3) is 5.65 Å². The van der Waals surface area contributed by atoms with E-state index in [2.05, 4.69) is 20.6 Å². The lowest BCUT2D eigenvalue weighted by atomic mass is 10.2. The third-order valence-corrected chi connectivity index (χ3v) is 3.56. The Bertz CT molecular complexity index is 655. The minimum absolute atomic E-state index is 0.0870. The summed E-state index contributed by atoms with van der Waals surface area (Å²) in [5.74, 6) is 1.32. The number of hydrogen-bond donors (Lipinski definition) is 2. The third kappa shape index (κ3) is 2.38. The highest BCUT2D eigenvalue weighted by Gasteiger charge is 2.31. The zero-order valence-corrected chi connectivity index (χ0v) is 12.0. The Hall–Kier alpha value is -2.35. The van der Waals surface area contributed by atoms with Crippen LogP contribution in [-0.4, -0.2) is 60.2 Å². The van der Waals surface area contributed by atoms with Crippen LogP contribution in [0.4, 0.5) is 11.6 Å². The molecule has 1 unspecified atom stereocenters. The number of aromatic nitrogens is 3. The summed E-state index contributed by atoms with van der Waals surface area (Å²) < 4.78 is 7.33. The third-order valence-electron chi connectivity index (χ3n) is 3.56. The zero-order chi connectivity index (χ0) is 14.8. The van der Waals surface area contributed by atoms with Crippen LogP contribution in [0.1, 0.15) is 0 Å². The number of carbonyl (C=O) groups excluding carboxylic acids is 1. The lowest BCUT2D eigenvalue weighted by molar-refractivity contribution is -0.124. The molecule has 1 atom stereocenters. The molecule has 0 bridgehead atoms. The van der Waals surface area contributed by atoms with Crippen molar-refractivity contribution in [2.45, 2.75) is 6.04 Å². The highest BCUT2D eigenvalue weighted by Crippen LogP contribution is 2.24. The first-order valence-electron chi connectivity index (χ1n) is 6.82. The zero-order valence-electron chi connectivity index (χ0n) is 12.0. The number of ether oxygens (including phenoxy) is 1. The molecular weight excluding hydrogens is 272 g/mol. The Labute approximate surface area is 122 Å². The van der Waals surface area contributed by atoms with E-state index in [-0.39, 0.29) is 5.91 Å². The first-order valence-corrected chi connectivity index (χ1v) is 6.82. The number of amides is 1. The Morgan fingerprint density at radius 2 is 2.33 bits per heavy atom. The molecule has 1 aliphatic rings. The van der Waals surface area contributed by atoms with E-state index in [0.717, 1.165) is 11.5 Å². The number of anilines is 2. The normalized spacial score (nSPS) is 18.8. The van der Waals surface area contributed by atoms with Gasteiger partial charge in [-0.3, -0.25) is 4.79 Å². The maximum Gasteiger partial charge on any atom is 0.244 e. The predicted octanol–water partition coefficient (Wildman–Crippen LogP) is -0.278. The number of hydrogen-bond acceptors (Lipinski definition) is 6. The van der Waals surface area contributed by atoms with E-state index >= 15 is 0 Å². The van der Waals surface area contributed by atoms with Crippen molar-refractivity contribution >= 4 is 23.2 Å². The number of nitrogens with zero attached hydrogens (tertiary/aromatic N) is 4. The monoisotopic (exact) mass is 290 g/mol. The standard InChI is InChI=1S/C13H18N6O2/c1-14-10-7-18-4-3-16-11(18)12(17-10)19-5-6-21-8-9(19)13(20)15-2/h3-4,7,9,14H,5-6,8H2,1-2H3,(H,15,20). The van der Waals surface area contributed by atoms with Crippen LogP contribution in [0.3, 0.4) is 0 Å². The van der Waals surface area contributed by atoms with Gasteiger partial charge in [0.05, 0.1) is 19.4 Å². The van der Waals surface area contributed by atoms with Gasteiger partial charge in [0.25, 0.3) is 0 Å². The first-order chi connectivity index (χ1) is 10.2. The number of rotatable bonds is 3. The van der Waals surface area contributed by atoms with Crippen LogP contribution < -0.4 is 15.5 Å². The van der Waals surface area contributed by atoms with E-state index < -0.39 is 6.04 Å². The molecule has 3 heterocycles. The van der Waals surface area contributed by atoms with E-state index in [1.165, 1.54) is 0 Å². The summed E-state index contributed by atoms with van der Waals surface area (Å²) >= 11 is 0. The molecule has 2 aromatic rings. The minimum Gasteiger partial charge on any atom is -0.377 e. The summed E-state index contributed by atoms with van der Waals surface area (Å²) in [5.41, 5.74) is 0.727. The fourth-order valence-electron chi connectivity index (χ4n) is 2.47. The molecule has 0 spiro atoms. The molecule has 0 saturated carbocycles. The van der Waals surface area contributed by atoms with Crippen molar-refractivity contribution in [1.29, 1.82) is 0 Å². The number of nitrogens with one attached hydrogen (secondary N) is 2. The molecule has 3 rings (SSSR count). The van der Waals surface area contributed by atoms with Crippen LogP contribution in [0.15, 0.2) is 18.6 Å². The number of likely N-dealkylation sites (N-methyl/N-ethyl adjacent to an activating group) is 1. The molecule has 112 valence electrons. The topological polar surface area (TPSA) is 83.8 Å². The molecule has 0 radical (unpaired) electrons. The van der Waals surface area contributed by atoms with E-state index in [0.29, 0.717) is 25.6 Å². The molecule has 1 amide bonds. The van der Waals surface area contributed by atoms with Crippen molar-refractivity contribution < 1.29 is 9.53 Å². The van der Waals surface area contributed by atoms with Crippen molar-refractivity contribution in [3.8, 4) is 0 Å². The van der Waals surface area contributed by atoms with Gasteiger partial charge in [0.15, 0.2) is 11.5 Å². The molecule has 0 aliphatic carbocycles. The predicted molar refractivity (Wildman–Crippen MR) is 78.6 cm³/mol. The van der Waals surface area contributed by atoms with Crippen molar-refractivity contribution in [3.63, 3.8) is 0 Å². The van der Waals surface area contributed by atoms with Crippen molar-refractivity contribution in [1.82, 2.24) is 19.7 Å². The second kappa shape index (κ2) is 5.57. The van der Waals surface area contributed by atoms with Gasteiger partial charge in [0.1, 0.15) is 11.9 Å². The summed E-state index contributed by atoms with van der Waals surface area (Å²) in [4.78, 5) is 23.0. The van der Waals surface area contributed by atoms with Crippen molar-refractivity contribution in [2.24, 2.45) is 0 Å². The van der Waals surface area contributed by atoms with Crippen molar-refractivity contribution in [2.75, 3.05) is 44.1 Å². The SMILES string of the molecule is CNC(=O)C1COCCN1c1nc(NC)cn2ccnc12. The molecule has 21 heavy (non-hydrogen) atoms. The second-order valence-electron chi connectivity index (χ2n) is 4.76. The van der Waals surface area contributed by atoms with E-state index in [9.17, 15) is 4.79 Å². The van der Waals surface area contributed by atoms with Gasteiger partial charge >= 0.3 is 0 Å². The van der Waals surface area contributed by atoms with Crippen LogP contribution in [0, 0.1) is 0 Å². The number of fused-ring (bicyclic) bond motifs is 1. The van der Waals surface area contributed by atoms with Gasteiger partial charge in [0, 0.05) is 33.0 Å². The molecule has 8 heteroatoms. The van der Waals surface area contributed by atoms with Crippen molar-refractivity contribution in [3.05, 3.63) is 18.6 Å². The summed E-state index contributed by atoms with van der Waals surface area (Å²) in [6.45, 7) is 1.50. The number of carbonyl (C=O) groups is 1. The molecule has 1 aliphatic heterocycles. The Morgan fingerprint density at radius 1 is 1.48 bits per heavy atom. The Kier molecular flexibility index (Phi) is 3.61. The molecule has 2 N–H and O–H groups in total. The maximum atomic E-state index is 12.1. The van der Waals surface area contributed by atoms with E-state index in [4.69, 9.17) is 4.74 Å². The van der Waals surface area contributed by atoms with E-state index in [1.54, 1.807) is 13.2 Å². The largest absolute Gasteiger partial charge is 0.377 e. The molecule has 1 saturated heterocycles. The molecule has 0 aromatic carbocycles. The fraction of sp³-hybridized carbons (Fsp3) is 0.462. The smallest absolute Gasteiger partial charge is 0.244 e. The van der Waals surface area contributed by atoms with Crippen LogP contribution in [0.2, 0.25) is 0 Å². The molecule has 1 fully saturated rings. The maximum absolute atomic E-state index is 12.1. The summed E-state index contributed by atoms with van der Waals surface area (Å²) in [6, 6.07) is -0.399. The number of imidazole rings is 1. The fourth-order valence-corrected chi connectivity index (χ4v) is 2.47. The lowest BCUT2D eigenvalue weighted by Gasteiger charge is -2.35. The lowest BCUT2D eigenvalue weighted by Crippen LogP contribution is -2.53.